The van der Waals surface area contributed by atoms with Crippen LogP contribution in [0, 0.1) is 6.92 Å². The molecule has 4 rings (SSSR count). The van der Waals surface area contributed by atoms with Crippen LogP contribution in [0.15, 0.2) is 77.7 Å². The molecule has 0 aromatic heterocycles. The normalized spacial score (nSPS) is 13.4. The Morgan fingerprint density at radius 3 is 2.52 bits per heavy atom. The maximum absolute atomic E-state index is 13.2. The van der Waals surface area contributed by atoms with Crippen LogP contribution in [0.1, 0.15) is 23.1 Å². The van der Waals surface area contributed by atoms with Gasteiger partial charge in [0, 0.05) is 12.2 Å². The van der Waals surface area contributed by atoms with E-state index in [9.17, 15) is 13.2 Å². The number of anilines is 2. The second kappa shape index (κ2) is 8.81. The molecule has 0 fully saturated rings. The molecule has 1 amide bonds. The summed E-state index contributed by atoms with van der Waals surface area (Å²) in [6.45, 7) is 2.53. The molecule has 0 aliphatic carbocycles. The van der Waals surface area contributed by atoms with E-state index in [-0.39, 0.29) is 11.5 Å². The van der Waals surface area contributed by atoms with Gasteiger partial charge in [-0.25, -0.2) is 13.2 Å². The zero-order valence-corrected chi connectivity index (χ0v) is 18.1. The van der Waals surface area contributed by atoms with Crippen molar-refractivity contribution >= 4 is 27.5 Å². The molecule has 1 N–H and O–H groups in total. The van der Waals surface area contributed by atoms with Gasteiger partial charge in [0.05, 0.1) is 10.6 Å². The largest absolute Gasteiger partial charge is 0.444 e. The van der Waals surface area contributed by atoms with Crippen molar-refractivity contribution in [3.63, 3.8) is 0 Å². The van der Waals surface area contributed by atoms with Gasteiger partial charge >= 0.3 is 6.09 Å². The van der Waals surface area contributed by atoms with E-state index in [1.54, 1.807) is 36.4 Å². The van der Waals surface area contributed by atoms with E-state index in [2.05, 4.69) is 5.32 Å². The highest BCUT2D eigenvalue weighted by Gasteiger charge is 2.29. The molecule has 0 radical (unpaired) electrons. The van der Waals surface area contributed by atoms with Crippen molar-refractivity contribution in [3.8, 4) is 0 Å². The Bertz CT molecular complexity index is 1180. The molecule has 1 heterocycles. The third-order valence-corrected chi connectivity index (χ3v) is 7.05. The van der Waals surface area contributed by atoms with E-state index in [0.717, 1.165) is 23.1 Å². The number of hydrogen-bond acceptors (Lipinski definition) is 4. The zero-order chi connectivity index (χ0) is 21.8. The highest BCUT2D eigenvalue weighted by Crippen LogP contribution is 2.33. The fourth-order valence-electron chi connectivity index (χ4n) is 3.60. The van der Waals surface area contributed by atoms with Gasteiger partial charge in [0.2, 0.25) is 0 Å². The lowest BCUT2D eigenvalue weighted by Gasteiger charge is -2.31. The molecule has 3 aromatic rings. The number of carbonyl (C=O) groups is 1. The highest BCUT2D eigenvalue weighted by atomic mass is 32.2. The van der Waals surface area contributed by atoms with Gasteiger partial charge in [0.1, 0.15) is 6.61 Å². The molecule has 1 aliphatic heterocycles. The predicted molar refractivity (Wildman–Crippen MR) is 121 cm³/mol. The van der Waals surface area contributed by atoms with Gasteiger partial charge in [-0.05, 0) is 61.2 Å². The number of nitrogens with zero attached hydrogens (tertiary/aromatic N) is 1. The second-order valence-electron chi connectivity index (χ2n) is 7.52. The quantitative estimate of drug-likeness (QED) is 0.618. The molecule has 0 bridgehead atoms. The lowest BCUT2D eigenvalue weighted by molar-refractivity contribution is 0.155. The first kappa shape index (κ1) is 20.9. The summed E-state index contributed by atoms with van der Waals surface area (Å²) in [6.07, 6.45) is 0.896. The molecular weight excluding hydrogens is 412 g/mol. The number of ether oxygens (including phenoxy) is 1. The molecule has 0 saturated heterocycles. The SMILES string of the molecule is Cc1ccc(S(=O)(=O)N2CCCc3cc(NC(=O)OCc4ccccc4)ccc32)cc1. The Morgan fingerprint density at radius 1 is 1.03 bits per heavy atom. The van der Waals surface area contributed by atoms with Crippen LogP contribution in [-0.2, 0) is 27.8 Å². The van der Waals surface area contributed by atoms with E-state index in [1.807, 2.05) is 43.3 Å². The highest BCUT2D eigenvalue weighted by molar-refractivity contribution is 7.92. The average Bonchev–Trinajstić information content (AvgIpc) is 2.78. The molecule has 7 heteroatoms. The molecule has 160 valence electrons. The van der Waals surface area contributed by atoms with Crippen molar-refractivity contribution < 1.29 is 17.9 Å². The summed E-state index contributed by atoms with van der Waals surface area (Å²) in [7, 11) is -3.65. The minimum absolute atomic E-state index is 0.181. The van der Waals surface area contributed by atoms with Crippen LogP contribution in [0.3, 0.4) is 0 Å². The molecule has 0 saturated carbocycles. The standard InChI is InChI=1S/C24H24N2O4S/c1-18-9-12-22(13-10-18)31(28,29)26-15-5-8-20-16-21(11-14-23(20)26)25-24(27)30-17-19-6-3-2-4-7-19/h2-4,6-7,9-14,16H,5,8,15,17H2,1H3,(H,25,27). The number of carbonyl (C=O) groups excluding carboxylic acids is 1. The van der Waals surface area contributed by atoms with Crippen LogP contribution in [0.5, 0.6) is 0 Å². The fourth-order valence-corrected chi connectivity index (χ4v) is 5.15. The van der Waals surface area contributed by atoms with E-state index >= 15 is 0 Å². The number of hydrogen-bond donors (Lipinski definition) is 1. The fraction of sp³-hybridized carbons (Fsp3) is 0.208. The van der Waals surface area contributed by atoms with E-state index in [0.29, 0.717) is 24.3 Å². The molecular formula is C24H24N2O4S. The van der Waals surface area contributed by atoms with Crippen LogP contribution in [0.4, 0.5) is 16.2 Å². The van der Waals surface area contributed by atoms with Crippen molar-refractivity contribution in [3.05, 3.63) is 89.5 Å². The summed E-state index contributed by atoms with van der Waals surface area (Å²) in [6, 6.07) is 21.6. The maximum atomic E-state index is 13.2. The minimum atomic E-state index is -3.65. The first-order chi connectivity index (χ1) is 14.9. The van der Waals surface area contributed by atoms with Crippen LogP contribution < -0.4 is 9.62 Å². The predicted octanol–water partition coefficient (Wildman–Crippen LogP) is 4.89. The maximum Gasteiger partial charge on any atom is 0.411 e. The number of sulfonamides is 1. The van der Waals surface area contributed by atoms with Crippen LogP contribution in [0.2, 0.25) is 0 Å². The molecule has 1 aliphatic rings. The molecule has 0 atom stereocenters. The Kier molecular flexibility index (Phi) is 5.95. The molecule has 0 spiro atoms. The van der Waals surface area contributed by atoms with Gasteiger partial charge in [0.15, 0.2) is 0 Å². The van der Waals surface area contributed by atoms with Crippen molar-refractivity contribution in [2.45, 2.75) is 31.3 Å². The summed E-state index contributed by atoms with van der Waals surface area (Å²) in [5.74, 6) is 0. The van der Waals surface area contributed by atoms with Crippen molar-refractivity contribution in [1.29, 1.82) is 0 Å². The lowest BCUT2D eigenvalue weighted by Crippen LogP contribution is -2.35. The van der Waals surface area contributed by atoms with E-state index in [1.165, 1.54) is 4.31 Å². The number of aryl methyl sites for hydroxylation is 2. The third-order valence-electron chi connectivity index (χ3n) is 5.22. The first-order valence-electron chi connectivity index (χ1n) is 10.1. The topological polar surface area (TPSA) is 75.7 Å². The van der Waals surface area contributed by atoms with E-state index < -0.39 is 16.1 Å². The van der Waals surface area contributed by atoms with Gasteiger partial charge in [0.25, 0.3) is 10.0 Å². The summed E-state index contributed by atoms with van der Waals surface area (Å²) < 4.78 is 33.1. The number of nitrogens with one attached hydrogen (secondary N) is 1. The number of amides is 1. The molecule has 3 aromatic carbocycles. The van der Waals surface area contributed by atoms with Crippen molar-refractivity contribution in [2.75, 3.05) is 16.2 Å². The summed E-state index contributed by atoms with van der Waals surface area (Å²) in [5, 5.41) is 2.72. The Balaban J connectivity index is 1.49. The van der Waals surface area contributed by atoms with Crippen LogP contribution in [-0.4, -0.2) is 21.1 Å². The Hall–Kier alpha value is -3.32. The minimum Gasteiger partial charge on any atom is -0.444 e. The zero-order valence-electron chi connectivity index (χ0n) is 17.2. The monoisotopic (exact) mass is 436 g/mol. The van der Waals surface area contributed by atoms with Crippen molar-refractivity contribution in [1.82, 2.24) is 0 Å². The Labute approximate surface area is 182 Å². The first-order valence-corrected chi connectivity index (χ1v) is 11.6. The average molecular weight is 437 g/mol. The summed E-state index contributed by atoms with van der Waals surface area (Å²) in [5.41, 5.74) is 4.01. The second-order valence-corrected chi connectivity index (χ2v) is 9.39. The van der Waals surface area contributed by atoms with Gasteiger partial charge in [-0.1, -0.05) is 48.0 Å². The van der Waals surface area contributed by atoms with Crippen LogP contribution >= 0.6 is 0 Å². The van der Waals surface area contributed by atoms with Gasteiger partial charge < -0.3 is 4.74 Å². The molecule has 6 nitrogen and oxygen atoms in total. The molecule has 31 heavy (non-hydrogen) atoms. The Morgan fingerprint density at radius 2 is 1.77 bits per heavy atom. The summed E-state index contributed by atoms with van der Waals surface area (Å²) in [4.78, 5) is 12.4. The van der Waals surface area contributed by atoms with Gasteiger partial charge in [-0.2, -0.15) is 0 Å². The van der Waals surface area contributed by atoms with E-state index in [4.69, 9.17) is 4.74 Å². The summed E-state index contributed by atoms with van der Waals surface area (Å²) >= 11 is 0. The third kappa shape index (κ3) is 4.72. The number of benzene rings is 3. The molecule has 0 unspecified atom stereocenters. The van der Waals surface area contributed by atoms with Gasteiger partial charge in [-0.15, -0.1) is 0 Å². The smallest absolute Gasteiger partial charge is 0.411 e. The number of fused-ring (bicyclic) bond motifs is 1. The van der Waals surface area contributed by atoms with Crippen molar-refractivity contribution in [2.24, 2.45) is 0 Å². The van der Waals surface area contributed by atoms with Gasteiger partial charge in [-0.3, -0.25) is 9.62 Å². The van der Waals surface area contributed by atoms with Crippen LogP contribution in [0.25, 0.3) is 0 Å². The lowest BCUT2D eigenvalue weighted by atomic mass is 10.0. The number of rotatable bonds is 5.